The van der Waals surface area contributed by atoms with E-state index in [1.54, 1.807) is 31.2 Å². The number of sulfonamides is 1. The fraction of sp³-hybridized carbons (Fsp3) is 0.235. The molecule has 0 fully saturated rings. The Kier molecular flexibility index (Phi) is 4.98. The van der Waals surface area contributed by atoms with Crippen LogP contribution in [0.3, 0.4) is 0 Å². The zero-order valence-electron chi connectivity index (χ0n) is 12.7. The summed E-state index contributed by atoms with van der Waals surface area (Å²) in [5.74, 6) is -0.00626. The Morgan fingerprint density at radius 3 is 2.23 bits per heavy atom. The Balaban J connectivity index is 2.29. The van der Waals surface area contributed by atoms with E-state index in [4.69, 9.17) is 0 Å². The van der Waals surface area contributed by atoms with Gasteiger partial charge in [-0.15, -0.1) is 0 Å². The number of aryl methyl sites for hydroxylation is 1. The second kappa shape index (κ2) is 6.75. The highest BCUT2D eigenvalue weighted by molar-refractivity contribution is 7.92. The predicted molar refractivity (Wildman–Crippen MR) is 87.7 cm³/mol. The predicted octanol–water partition coefficient (Wildman–Crippen LogP) is 3.64. The number of benzene rings is 2. The van der Waals surface area contributed by atoms with Crippen molar-refractivity contribution < 1.29 is 13.2 Å². The summed E-state index contributed by atoms with van der Waals surface area (Å²) in [7, 11) is -3.66. The fourth-order valence-electron chi connectivity index (χ4n) is 2.16. The second-order valence-electron chi connectivity index (χ2n) is 4.92. The molecule has 0 spiro atoms. The van der Waals surface area contributed by atoms with Gasteiger partial charge in [0.1, 0.15) is 0 Å². The zero-order chi connectivity index (χ0) is 16.2. The first-order valence-corrected chi connectivity index (χ1v) is 8.70. The number of hydrogen-bond acceptors (Lipinski definition) is 3. The molecule has 0 saturated heterocycles. The molecule has 0 heterocycles. The van der Waals surface area contributed by atoms with Crippen molar-refractivity contribution in [3.05, 3.63) is 59.7 Å². The number of carbonyl (C=O) groups excluding carboxylic acids is 1. The molecule has 4 nitrogen and oxygen atoms in total. The highest BCUT2D eigenvalue weighted by Gasteiger charge is 2.16. The summed E-state index contributed by atoms with van der Waals surface area (Å²) in [6, 6.07) is 13.3. The number of carbonyl (C=O) groups is 1. The van der Waals surface area contributed by atoms with Crippen LogP contribution >= 0.6 is 0 Å². The number of para-hydroxylation sites is 1. The number of rotatable bonds is 6. The summed E-state index contributed by atoms with van der Waals surface area (Å²) in [6.07, 6.45) is 1.14. The van der Waals surface area contributed by atoms with Crippen molar-refractivity contribution >= 4 is 21.5 Å². The monoisotopic (exact) mass is 317 g/mol. The van der Waals surface area contributed by atoms with E-state index >= 15 is 0 Å². The van der Waals surface area contributed by atoms with Crippen LogP contribution in [-0.4, -0.2) is 14.2 Å². The standard InChI is InChI=1S/C17H19NO3S/c1-3-13-7-5-6-8-16(13)18-22(20,21)15-11-9-14(10-12-15)17(19)4-2/h5-12,18H,3-4H2,1-2H3. The van der Waals surface area contributed by atoms with Crippen molar-refractivity contribution in [3.63, 3.8) is 0 Å². The highest BCUT2D eigenvalue weighted by atomic mass is 32.2. The Morgan fingerprint density at radius 2 is 1.64 bits per heavy atom. The normalized spacial score (nSPS) is 11.2. The summed E-state index contributed by atoms with van der Waals surface area (Å²) < 4.78 is 27.5. The summed E-state index contributed by atoms with van der Waals surface area (Å²) in [6.45, 7) is 3.74. The average Bonchev–Trinajstić information content (AvgIpc) is 2.54. The van der Waals surface area contributed by atoms with Gasteiger partial charge in [-0.3, -0.25) is 9.52 Å². The number of anilines is 1. The molecule has 0 amide bonds. The third-order valence-corrected chi connectivity index (χ3v) is 4.83. The first-order chi connectivity index (χ1) is 10.5. The summed E-state index contributed by atoms with van der Waals surface area (Å²) in [4.78, 5) is 11.7. The molecule has 116 valence electrons. The van der Waals surface area contributed by atoms with Crippen molar-refractivity contribution in [1.29, 1.82) is 0 Å². The molecule has 0 bridgehead atoms. The van der Waals surface area contributed by atoms with Crippen LogP contribution in [0.1, 0.15) is 36.2 Å². The van der Waals surface area contributed by atoms with Crippen LogP contribution in [0.2, 0.25) is 0 Å². The van der Waals surface area contributed by atoms with Gasteiger partial charge in [0, 0.05) is 12.0 Å². The van der Waals surface area contributed by atoms with E-state index in [2.05, 4.69) is 4.72 Å². The van der Waals surface area contributed by atoms with Gasteiger partial charge in [0.25, 0.3) is 10.0 Å². The Bertz CT molecular complexity index is 765. The minimum atomic E-state index is -3.66. The maximum absolute atomic E-state index is 12.4. The molecule has 0 radical (unpaired) electrons. The molecular weight excluding hydrogens is 298 g/mol. The Labute approximate surface area is 131 Å². The quantitative estimate of drug-likeness (QED) is 0.827. The summed E-state index contributed by atoms with van der Waals surface area (Å²) in [5, 5.41) is 0. The molecule has 2 aromatic rings. The minimum absolute atomic E-state index is 0.00626. The van der Waals surface area contributed by atoms with Crippen LogP contribution in [0.4, 0.5) is 5.69 Å². The number of Topliss-reactive ketones (excluding diaryl/α,β-unsaturated/α-hetero) is 1. The van der Waals surface area contributed by atoms with Crippen molar-refractivity contribution in [1.82, 2.24) is 0 Å². The van der Waals surface area contributed by atoms with Gasteiger partial charge in [-0.05, 0) is 30.2 Å². The Hall–Kier alpha value is -2.14. The molecule has 2 aromatic carbocycles. The van der Waals surface area contributed by atoms with E-state index in [1.165, 1.54) is 12.1 Å². The molecule has 2 rings (SSSR count). The van der Waals surface area contributed by atoms with E-state index in [9.17, 15) is 13.2 Å². The summed E-state index contributed by atoms with van der Waals surface area (Å²) >= 11 is 0. The van der Waals surface area contributed by atoms with Crippen molar-refractivity contribution in [2.45, 2.75) is 31.6 Å². The van der Waals surface area contributed by atoms with Gasteiger partial charge in [-0.1, -0.05) is 44.2 Å². The van der Waals surface area contributed by atoms with Crippen molar-refractivity contribution in [2.75, 3.05) is 4.72 Å². The maximum Gasteiger partial charge on any atom is 0.261 e. The van der Waals surface area contributed by atoms with Crippen LogP contribution < -0.4 is 4.72 Å². The lowest BCUT2D eigenvalue weighted by Gasteiger charge is -2.11. The lowest BCUT2D eigenvalue weighted by molar-refractivity contribution is 0.0988. The number of ketones is 1. The molecule has 0 aliphatic rings. The molecule has 0 saturated carbocycles. The van der Waals surface area contributed by atoms with Gasteiger partial charge in [-0.2, -0.15) is 0 Å². The van der Waals surface area contributed by atoms with E-state index in [0.29, 0.717) is 17.7 Å². The molecule has 22 heavy (non-hydrogen) atoms. The zero-order valence-corrected chi connectivity index (χ0v) is 13.5. The van der Waals surface area contributed by atoms with E-state index in [-0.39, 0.29) is 10.7 Å². The SMILES string of the molecule is CCC(=O)c1ccc(S(=O)(=O)Nc2ccccc2CC)cc1. The lowest BCUT2D eigenvalue weighted by atomic mass is 10.1. The molecule has 5 heteroatoms. The third-order valence-electron chi connectivity index (χ3n) is 3.45. The third kappa shape index (κ3) is 3.54. The van der Waals surface area contributed by atoms with Crippen molar-refractivity contribution in [3.8, 4) is 0 Å². The highest BCUT2D eigenvalue weighted by Crippen LogP contribution is 2.21. The molecular formula is C17H19NO3S. The van der Waals surface area contributed by atoms with Crippen molar-refractivity contribution in [2.24, 2.45) is 0 Å². The first kappa shape index (κ1) is 16.2. The molecule has 0 unspecified atom stereocenters. The van der Waals surface area contributed by atoms with Crippen LogP contribution in [0.15, 0.2) is 53.4 Å². The molecule has 0 atom stereocenters. The number of nitrogens with one attached hydrogen (secondary N) is 1. The average molecular weight is 317 g/mol. The molecule has 0 aromatic heterocycles. The van der Waals surface area contributed by atoms with Gasteiger partial charge >= 0.3 is 0 Å². The van der Waals surface area contributed by atoms with Gasteiger partial charge in [0.15, 0.2) is 5.78 Å². The van der Waals surface area contributed by atoms with E-state index in [0.717, 1.165) is 12.0 Å². The summed E-state index contributed by atoms with van der Waals surface area (Å²) in [5.41, 5.74) is 2.04. The Morgan fingerprint density at radius 1 is 1.00 bits per heavy atom. The lowest BCUT2D eigenvalue weighted by Crippen LogP contribution is -2.14. The maximum atomic E-state index is 12.4. The van der Waals surface area contributed by atoms with Gasteiger partial charge in [0.2, 0.25) is 0 Å². The molecule has 0 aliphatic carbocycles. The van der Waals surface area contributed by atoms with Crippen LogP contribution in [0.5, 0.6) is 0 Å². The van der Waals surface area contributed by atoms with E-state index < -0.39 is 10.0 Å². The van der Waals surface area contributed by atoms with Crippen LogP contribution in [0, 0.1) is 0 Å². The van der Waals surface area contributed by atoms with Crippen LogP contribution in [0.25, 0.3) is 0 Å². The second-order valence-corrected chi connectivity index (χ2v) is 6.60. The largest absolute Gasteiger partial charge is 0.294 e. The fourth-order valence-corrected chi connectivity index (χ4v) is 3.26. The molecule has 1 N–H and O–H groups in total. The van der Waals surface area contributed by atoms with E-state index in [1.807, 2.05) is 19.1 Å². The smallest absolute Gasteiger partial charge is 0.261 e. The minimum Gasteiger partial charge on any atom is -0.294 e. The van der Waals surface area contributed by atoms with Gasteiger partial charge < -0.3 is 0 Å². The van der Waals surface area contributed by atoms with Crippen LogP contribution in [-0.2, 0) is 16.4 Å². The molecule has 0 aliphatic heterocycles. The van der Waals surface area contributed by atoms with Gasteiger partial charge in [0.05, 0.1) is 10.6 Å². The topological polar surface area (TPSA) is 63.2 Å². The first-order valence-electron chi connectivity index (χ1n) is 7.22. The number of hydrogen-bond donors (Lipinski definition) is 1. The van der Waals surface area contributed by atoms with Gasteiger partial charge in [-0.25, -0.2) is 8.42 Å².